The molecule has 0 fully saturated rings. The molecule has 0 aliphatic heterocycles. The molecule has 1 N–H and O–H groups in total. The average molecular weight is 299 g/mol. The first-order valence-corrected chi connectivity index (χ1v) is 7.75. The molecule has 22 heavy (non-hydrogen) atoms. The minimum Gasteiger partial charge on any atom is -0.491 e. The molecule has 1 unspecified atom stereocenters. The summed E-state index contributed by atoms with van der Waals surface area (Å²) in [5.41, 5.74) is 1.32. The van der Waals surface area contributed by atoms with Crippen LogP contribution in [0, 0.1) is 0 Å². The SMILES string of the molecule is CC(Cc1ccccc1)N(C)C[C@H](O)COc1ccccc1. The number of aliphatic hydroxyl groups is 1. The van der Waals surface area contributed by atoms with Gasteiger partial charge in [-0.05, 0) is 38.1 Å². The second-order valence-corrected chi connectivity index (χ2v) is 5.76. The van der Waals surface area contributed by atoms with E-state index >= 15 is 0 Å². The highest BCUT2D eigenvalue weighted by Crippen LogP contribution is 2.10. The van der Waals surface area contributed by atoms with Gasteiger partial charge in [0, 0.05) is 12.6 Å². The third-order valence-corrected chi connectivity index (χ3v) is 3.81. The fraction of sp³-hybridized carbons (Fsp3) is 0.368. The topological polar surface area (TPSA) is 32.7 Å². The van der Waals surface area contributed by atoms with Crippen molar-refractivity contribution in [3.05, 3.63) is 66.2 Å². The molecule has 0 aliphatic carbocycles. The highest BCUT2D eigenvalue weighted by atomic mass is 16.5. The van der Waals surface area contributed by atoms with Gasteiger partial charge in [0.05, 0.1) is 0 Å². The van der Waals surface area contributed by atoms with E-state index in [0.717, 1.165) is 12.2 Å². The fourth-order valence-corrected chi connectivity index (χ4v) is 2.39. The van der Waals surface area contributed by atoms with Crippen LogP contribution in [0.5, 0.6) is 5.75 Å². The van der Waals surface area contributed by atoms with Gasteiger partial charge in [0.2, 0.25) is 0 Å². The molecule has 2 atom stereocenters. The lowest BCUT2D eigenvalue weighted by Crippen LogP contribution is -2.39. The Balaban J connectivity index is 1.74. The van der Waals surface area contributed by atoms with Crippen molar-refractivity contribution < 1.29 is 9.84 Å². The van der Waals surface area contributed by atoms with Crippen molar-refractivity contribution >= 4 is 0 Å². The highest BCUT2D eigenvalue weighted by molar-refractivity contribution is 5.21. The molecule has 0 spiro atoms. The van der Waals surface area contributed by atoms with Crippen LogP contribution in [0.2, 0.25) is 0 Å². The summed E-state index contributed by atoms with van der Waals surface area (Å²) in [6, 6.07) is 20.4. The highest BCUT2D eigenvalue weighted by Gasteiger charge is 2.14. The Morgan fingerprint density at radius 2 is 1.59 bits per heavy atom. The predicted octanol–water partition coefficient (Wildman–Crippen LogP) is 2.99. The van der Waals surface area contributed by atoms with Crippen molar-refractivity contribution in [3.8, 4) is 5.75 Å². The Morgan fingerprint density at radius 1 is 1.00 bits per heavy atom. The first kappa shape index (κ1) is 16.5. The van der Waals surface area contributed by atoms with Crippen molar-refractivity contribution in [3.63, 3.8) is 0 Å². The van der Waals surface area contributed by atoms with Gasteiger partial charge in [-0.1, -0.05) is 48.5 Å². The molecule has 0 saturated carbocycles. The number of likely N-dealkylation sites (N-methyl/N-ethyl adjacent to an activating group) is 1. The van der Waals surface area contributed by atoms with Gasteiger partial charge in [-0.15, -0.1) is 0 Å². The molecule has 0 bridgehead atoms. The second kappa shape index (κ2) is 8.57. The first-order valence-electron chi connectivity index (χ1n) is 7.75. The van der Waals surface area contributed by atoms with Gasteiger partial charge < -0.3 is 14.7 Å². The third kappa shape index (κ3) is 5.51. The van der Waals surface area contributed by atoms with Crippen LogP contribution in [0.25, 0.3) is 0 Å². The van der Waals surface area contributed by atoms with E-state index in [9.17, 15) is 5.11 Å². The summed E-state index contributed by atoms with van der Waals surface area (Å²) in [6.45, 7) is 3.09. The number of hydrogen-bond donors (Lipinski definition) is 1. The molecule has 0 aromatic heterocycles. The van der Waals surface area contributed by atoms with Gasteiger partial charge in [-0.2, -0.15) is 0 Å². The van der Waals surface area contributed by atoms with E-state index in [1.807, 2.05) is 43.4 Å². The minimum absolute atomic E-state index is 0.312. The molecule has 0 saturated heterocycles. The van der Waals surface area contributed by atoms with Crippen LogP contribution in [-0.4, -0.2) is 42.4 Å². The van der Waals surface area contributed by atoms with E-state index in [-0.39, 0.29) is 0 Å². The lowest BCUT2D eigenvalue weighted by molar-refractivity contribution is 0.0655. The van der Waals surface area contributed by atoms with Gasteiger partial charge in [-0.3, -0.25) is 0 Å². The summed E-state index contributed by atoms with van der Waals surface area (Å²) in [5.74, 6) is 0.793. The molecule has 0 radical (unpaired) electrons. The number of ether oxygens (including phenoxy) is 1. The zero-order valence-corrected chi connectivity index (χ0v) is 13.4. The zero-order valence-electron chi connectivity index (χ0n) is 13.4. The van der Waals surface area contributed by atoms with E-state index < -0.39 is 6.10 Å². The van der Waals surface area contributed by atoms with Crippen molar-refractivity contribution in [2.45, 2.75) is 25.5 Å². The second-order valence-electron chi connectivity index (χ2n) is 5.76. The first-order chi connectivity index (χ1) is 10.6. The van der Waals surface area contributed by atoms with Gasteiger partial charge in [0.15, 0.2) is 0 Å². The molecule has 2 rings (SSSR count). The van der Waals surface area contributed by atoms with Gasteiger partial charge in [0.25, 0.3) is 0 Å². The van der Waals surface area contributed by atoms with E-state index in [1.54, 1.807) is 0 Å². The number of nitrogens with zero attached hydrogens (tertiary/aromatic N) is 1. The Morgan fingerprint density at radius 3 is 2.23 bits per heavy atom. The van der Waals surface area contributed by atoms with Crippen LogP contribution in [0.4, 0.5) is 0 Å². The molecule has 0 heterocycles. The van der Waals surface area contributed by atoms with Crippen LogP contribution in [0.3, 0.4) is 0 Å². The van der Waals surface area contributed by atoms with E-state index in [4.69, 9.17) is 4.74 Å². The van der Waals surface area contributed by atoms with Gasteiger partial charge >= 0.3 is 0 Å². The molecule has 0 amide bonds. The van der Waals surface area contributed by atoms with Crippen LogP contribution in [0.15, 0.2) is 60.7 Å². The summed E-state index contributed by atoms with van der Waals surface area (Å²) in [7, 11) is 2.04. The quantitative estimate of drug-likeness (QED) is 0.813. The molecule has 118 valence electrons. The summed E-state index contributed by atoms with van der Waals surface area (Å²) in [6.07, 6.45) is 0.479. The Kier molecular flexibility index (Phi) is 6.44. The maximum Gasteiger partial charge on any atom is 0.119 e. The number of aliphatic hydroxyl groups excluding tert-OH is 1. The van der Waals surface area contributed by atoms with Crippen molar-refractivity contribution in [2.75, 3.05) is 20.2 Å². The Bertz CT molecular complexity index is 530. The number of para-hydroxylation sites is 1. The Hall–Kier alpha value is -1.84. The zero-order chi connectivity index (χ0) is 15.8. The van der Waals surface area contributed by atoms with Crippen molar-refractivity contribution in [2.24, 2.45) is 0 Å². The van der Waals surface area contributed by atoms with Crippen LogP contribution in [0.1, 0.15) is 12.5 Å². The van der Waals surface area contributed by atoms with Gasteiger partial charge in [-0.25, -0.2) is 0 Å². The molecular weight excluding hydrogens is 274 g/mol. The van der Waals surface area contributed by atoms with Gasteiger partial charge in [0.1, 0.15) is 18.5 Å². The summed E-state index contributed by atoms with van der Waals surface area (Å²) >= 11 is 0. The third-order valence-electron chi connectivity index (χ3n) is 3.81. The average Bonchev–Trinajstić information content (AvgIpc) is 2.55. The molecular formula is C19H25NO2. The molecule has 2 aromatic rings. The molecule has 3 heteroatoms. The number of hydrogen-bond acceptors (Lipinski definition) is 3. The van der Waals surface area contributed by atoms with E-state index in [0.29, 0.717) is 19.2 Å². The molecule has 2 aromatic carbocycles. The largest absolute Gasteiger partial charge is 0.491 e. The summed E-state index contributed by atoms with van der Waals surface area (Å²) in [5, 5.41) is 10.1. The Labute approximate surface area is 133 Å². The number of rotatable bonds is 8. The molecule has 0 aliphatic rings. The standard InChI is InChI=1S/C19H25NO2/c1-16(13-17-9-5-3-6-10-17)20(2)14-18(21)15-22-19-11-7-4-8-12-19/h3-12,16,18,21H,13-15H2,1-2H3/t16?,18-/m0/s1. The minimum atomic E-state index is -0.497. The van der Waals surface area contributed by atoms with Crippen molar-refractivity contribution in [1.29, 1.82) is 0 Å². The fourth-order valence-electron chi connectivity index (χ4n) is 2.39. The van der Waals surface area contributed by atoms with Crippen LogP contribution in [-0.2, 0) is 6.42 Å². The van der Waals surface area contributed by atoms with Crippen molar-refractivity contribution in [1.82, 2.24) is 4.90 Å². The molecule has 3 nitrogen and oxygen atoms in total. The maximum absolute atomic E-state index is 10.1. The predicted molar refractivity (Wildman–Crippen MR) is 90.2 cm³/mol. The monoisotopic (exact) mass is 299 g/mol. The normalized spacial score (nSPS) is 13.8. The lowest BCUT2D eigenvalue weighted by atomic mass is 10.1. The summed E-state index contributed by atoms with van der Waals surface area (Å²) < 4.78 is 5.59. The number of benzene rings is 2. The lowest BCUT2D eigenvalue weighted by Gasteiger charge is -2.27. The van der Waals surface area contributed by atoms with Crippen LogP contribution >= 0.6 is 0 Å². The smallest absolute Gasteiger partial charge is 0.119 e. The van der Waals surface area contributed by atoms with Crippen LogP contribution < -0.4 is 4.74 Å². The van der Waals surface area contributed by atoms with E-state index in [1.165, 1.54) is 5.56 Å². The summed E-state index contributed by atoms with van der Waals surface area (Å²) in [4.78, 5) is 2.17. The maximum atomic E-state index is 10.1. The van der Waals surface area contributed by atoms with E-state index in [2.05, 4.69) is 36.1 Å².